The number of rotatable bonds is 1. The summed E-state index contributed by atoms with van der Waals surface area (Å²) in [6.45, 7) is 0. The van der Waals surface area contributed by atoms with E-state index in [1.807, 2.05) is 48.5 Å². The van der Waals surface area contributed by atoms with Crippen molar-refractivity contribution in [3.05, 3.63) is 54.1 Å². The Morgan fingerprint density at radius 2 is 1.76 bits per heavy atom. The van der Waals surface area contributed by atoms with Gasteiger partial charge in [0.25, 0.3) is 0 Å². The van der Waals surface area contributed by atoms with Crippen molar-refractivity contribution in [3.63, 3.8) is 0 Å². The van der Waals surface area contributed by atoms with Gasteiger partial charge in [-0.1, -0.05) is 30.3 Å². The molecule has 3 heteroatoms. The first-order valence-corrected chi connectivity index (χ1v) is 5.38. The molecule has 1 aromatic heterocycles. The van der Waals surface area contributed by atoms with Gasteiger partial charge in [-0.15, -0.1) is 0 Å². The third kappa shape index (κ3) is 1.52. The highest BCUT2D eigenvalue weighted by Gasteiger charge is 2.05. The quantitative estimate of drug-likeness (QED) is 0.377. The Kier molecular flexibility index (Phi) is 2.05. The van der Waals surface area contributed by atoms with Crippen LogP contribution in [0.4, 0.5) is 0 Å². The highest BCUT2D eigenvalue weighted by molar-refractivity contribution is 6.09. The predicted molar refractivity (Wildman–Crippen MR) is 70.3 cm³/mol. The molecule has 17 heavy (non-hydrogen) atoms. The SMILES string of the molecule is N=C(N)c1cccc2nc3ccccc3cc12. The summed E-state index contributed by atoms with van der Waals surface area (Å²) in [7, 11) is 0. The molecule has 0 fully saturated rings. The van der Waals surface area contributed by atoms with Crippen molar-refractivity contribution < 1.29 is 0 Å². The minimum absolute atomic E-state index is 0.0766. The number of hydrogen-bond acceptors (Lipinski definition) is 2. The van der Waals surface area contributed by atoms with E-state index in [2.05, 4.69) is 4.98 Å². The third-order valence-electron chi connectivity index (χ3n) is 2.85. The van der Waals surface area contributed by atoms with Crippen LogP contribution in [-0.2, 0) is 0 Å². The molecule has 3 rings (SSSR count). The Balaban J connectivity index is 2.47. The average molecular weight is 221 g/mol. The normalized spacial score (nSPS) is 10.8. The Morgan fingerprint density at radius 3 is 2.59 bits per heavy atom. The van der Waals surface area contributed by atoms with Gasteiger partial charge >= 0.3 is 0 Å². The first kappa shape index (κ1) is 9.78. The number of benzene rings is 2. The van der Waals surface area contributed by atoms with E-state index >= 15 is 0 Å². The monoisotopic (exact) mass is 221 g/mol. The zero-order valence-corrected chi connectivity index (χ0v) is 9.14. The van der Waals surface area contributed by atoms with Gasteiger partial charge in [-0.05, 0) is 18.2 Å². The maximum absolute atomic E-state index is 7.58. The number of para-hydroxylation sites is 1. The predicted octanol–water partition coefficient (Wildman–Crippen LogP) is 2.67. The number of amidine groups is 1. The number of hydrogen-bond donors (Lipinski definition) is 2. The maximum Gasteiger partial charge on any atom is 0.123 e. The summed E-state index contributed by atoms with van der Waals surface area (Å²) in [5.74, 6) is 0.0766. The molecule has 0 bridgehead atoms. The molecule has 0 radical (unpaired) electrons. The van der Waals surface area contributed by atoms with E-state index in [0.717, 1.165) is 27.4 Å². The Morgan fingerprint density at radius 1 is 1.00 bits per heavy atom. The smallest absolute Gasteiger partial charge is 0.123 e. The van der Waals surface area contributed by atoms with Crippen LogP contribution in [-0.4, -0.2) is 10.8 Å². The van der Waals surface area contributed by atoms with E-state index in [1.165, 1.54) is 0 Å². The molecule has 0 aliphatic heterocycles. The molecule has 0 saturated heterocycles. The molecule has 3 nitrogen and oxygen atoms in total. The first-order valence-electron chi connectivity index (χ1n) is 5.38. The summed E-state index contributed by atoms with van der Waals surface area (Å²) >= 11 is 0. The second kappa shape index (κ2) is 3.56. The molecule has 0 amide bonds. The van der Waals surface area contributed by atoms with Gasteiger partial charge in [0.1, 0.15) is 5.84 Å². The van der Waals surface area contributed by atoms with Gasteiger partial charge in [-0.2, -0.15) is 0 Å². The molecule has 0 spiro atoms. The summed E-state index contributed by atoms with van der Waals surface area (Å²) < 4.78 is 0. The summed E-state index contributed by atoms with van der Waals surface area (Å²) in [6, 6.07) is 15.6. The fourth-order valence-electron chi connectivity index (χ4n) is 2.03. The van der Waals surface area contributed by atoms with Crippen molar-refractivity contribution in [2.75, 3.05) is 0 Å². The molecule has 82 valence electrons. The van der Waals surface area contributed by atoms with E-state index in [0.29, 0.717) is 0 Å². The van der Waals surface area contributed by atoms with Gasteiger partial charge in [-0.25, -0.2) is 4.98 Å². The Bertz CT molecular complexity index is 732. The molecular formula is C14H11N3. The van der Waals surface area contributed by atoms with Crippen molar-refractivity contribution in [1.29, 1.82) is 5.41 Å². The fraction of sp³-hybridized carbons (Fsp3) is 0. The third-order valence-corrected chi connectivity index (χ3v) is 2.85. The maximum atomic E-state index is 7.58. The van der Waals surface area contributed by atoms with Crippen LogP contribution in [0.3, 0.4) is 0 Å². The number of aromatic nitrogens is 1. The Hall–Kier alpha value is -2.42. The number of pyridine rings is 1. The van der Waals surface area contributed by atoms with E-state index in [4.69, 9.17) is 11.1 Å². The second-order valence-electron chi connectivity index (χ2n) is 3.97. The fourth-order valence-corrected chi connectivity index (χ4v) is 2.03. The Labute approximate surface area is 98.4 Å². The van der Waals surface area contributed by atoms with Crippen LogP contribution >= 0.6 is 0 Å². The largest absolute Gasteiger partial charge is 0.384 e. The summed E-state index contributed by atoms with van der Waals surface area (Å²) in [5, 5.41) is 9.57. The number of nitrogens with two attached hydrogens (primary N) is 1. The molecule has 0 atom stereocenters. The van der Waals surface area contributed by atoms with Crippen LogP contribution in [0.25, 0.3) is 21.8 Å². The molecule has 0 unspecified atom stereocenters. The van der Waals surface area contributed by atoms with Crippen LogP contribution in [0.2, 0.25) is 0 Å². The van der Waals surface area contributed by atoms with Crippen molar-refractivity contribution in [3.8, 4) is 0 Å². The number of fused-ring (bicyclic) bond motifs is 2. The van der Waals surface area contributed by atoms with Crippen molar-refractivity contribution in [2.24, 2.45) is 5.73 Å². The minimum atomic E-state index is 0.0766. The molecule has 3 N–H and O–H groups in total. The molecular weight excluding hydrogens is 210 g/mol. The van der Waals surface area contributed by atoms with Crippen molar-refractivity contribution in [1.82, 2.24) is 4.98 Å². The molecule has 0 saturated carbocycles. The molecule has 0 aliphatic rings. The van der Waals surface area contributed by atoms with Crippen LogP contribution in [0.15, 0.2) is 48.5 Å². The highest BCUT2D eigenvalue weighted by Crippen LogP contribution is 2.22. The van der Waals surface area contributed by atoms with Gasteiger partial charge in [0.05, 0.1) is 11.0 Å². The van der Waals surface area contributed by atoms with Gasteiger partial charge in [0, 0.05) is 16.3 Å². The zero-order chi connectivity index (χ0) is 11.8. The summed E-state index contributed by atoms with van der Waals surface area (Å²) in [5.41, 5.74) is 8.15. The van der Waals surface area contributed by atoms with E-state index in [-0.39, 0.29) is 5.84 Å². The lowest BCUT2D eigenvalue weighted by Crippen LogP contribution is -2.11. The lowest BCUT2D eigenvalue weighted by Gasteiger charge is -2.05. The lowest BCUT2D eigenvalue weighted by atomic mass is 10.1. The summed E-state index contributed by atoms with van der Waals surface area (Å²) in [6.07, 6.45) is 0. The van der Waals surface area contributed by atoms with Crippen LogP contribution in [0, 0.1) is 5.41 Å². The number of nitrogens with zero attached hydrogens (tertiary/aromatic N) is 1. The molecule has 2 aromatic carbocycles. The molecule has 0 aliphatic carbocycles. The summed E-state index contributed by atoms with van der Waals surface area (Å²) in [4.78, 5) is 4.57. The van der Waals surface area contributed by atoms with Crippen LogP contribution < -0.4 is 5.73 Å². The minimum Gasteiger partial charge on any atom is -0.384 e. The number of nitrogens with one attached hydrogen (secondary N) is 1. The molecule has 1 heterocycles. The first-order chi connectivity index (χ1) is 8.25. The standard InChI is InChI=1S/C14H11N3/c15-14(16)10-5-3-7-13-11(10)8-9-4-1-2-6-12(9)17-13/h1-8H,(H3,15,16). The van der Waals surface area contributed by atoms with Gasteiger partial charge in [-0.3, -0.25) is 5.41 Å². The van der Waals surface area contributed by atoms with Crippen molar-refractivity contribution in [2.45, 2.75) is 0 Å². The van der Waals surface area contributed by atoms with Gasteiger partial charge < -0.3 is 5.73 Å². The van der Waals surface area contributed by atoms with E-state index in [1.54, 1.807) is 0 Å². The highest BCUT2D eigenvalue weighted by atomic mass is 14.7. The van der Waals surface area contributed by atoms with Gasteiger partial charge in [0.2, 0.25) is 0 Å². The van der Waals surface area contributed by atoms with Crippen molar-refractivity contribution >= 4 is 27.6 Å². The second-order valence-corrected chi connectivity index (χ2v) is 3.97. The zero-order valence-electron chi connectivity index (χ0n) is 9.14. The molecule has 3 aromatic rings. The topological polar surface area (TPSA) is 62.8 Å². The van der Waals surface area contributed by atoms with Gasteiger partial charge in [0.15, 0.2) is 0 Å². The van der Waals surface area contributed by atoms with E-state index in [9.17, 15) is 0 Å². The lowest BCUT2D eigenvalue weighted by molar-refractivity contribution is 1.43. The number of nitrogen functional groups attached to an aromatic ring is 1. The van der Waals surface area contributed by atoms with Crippen LogP contribution in [0.1, 0.15) is 5.56 Å². The van der Waals surface area contributed by atoms with E-state index < -0.39 is 0 Å². The average Bonchev–Trinajstić information content (AvgIpc) is 2.35. The van der Waals surface area contributed by atoms with Crippen LogP contribution in [0.5, 0.6) is 0 Å².